The van der Waals surface area contributed by atoms with Crippen molar-refractivity contribution in [2.45, 2.75) is 33.6 Å². The van der Waals surface area contributed by atoms with E-state index in [0.29, 0.717) is 11.6 Å². The van der Waals surface area contributed by atoms with Gasteiger partial charge in [-0.3, -0.25) is 9.48 Å². The zero-order chi connectivity index (χ0) is 18.8. The van der Waals surface area contributed by atoms with Crippen molar-refractivity contribution in [2.24, 2.45) is 13.0 Å². The fraction of sp³-hybridized carbons (Fsp3) is 0.579. The summed E-state index contributed by atoms with van der Waals surface area (Å²) < 4.78 is 1.74. The standard InChI is InChI=1S/C19H28N6O/c1-13-10-18(21-20-15(13)3)25-8-6-16(7-9-25)12-23(4)19(26)17-11-14(2)24(5)22-17/h10-11,16H,6-9,12H2,1-5H3. The lowest BCUT2D eigenvalue weighted by Gasteiger charge is -2.34. The zero-order valence-corrected chi connectivity index (χ0v) is 16.4. The topological polar surface area (TPSA) is 67.2 Å². The maximum absolute atomic E-state index is 12.6. The summed E-state index contributed by atoms with van der Waals surface area (Å²) in [5.41, 5.74) is 3.67. The van der Waals surface area contributed by atoms with Crippen LogP contribution in [-0.4, -0.2) is 57.5 Å². The van der Waals surface area contributed by atoms with Gasteiger partial charge in [-0.15, -0.1) is 5.10 Å². The second-order valence-electron chi connectivity index (χ2n) is 7.38. The lowest BCUT2D eigenvalue weighted by atomic mass is 9.96. The van der Waals surface area contributed by atoms with Crippen LogP contribution in [0.4, 0.5) is 5.82 Å². The molecular formula is C19H28N6O. The summed E-state index contributed by atoms with van der Waals surface area (Å²) in [5.74, 6) is 1.46. The second kappa shape index (κ2) is 7.43. The minimum atomic E-state index is -0.00356. The summed E-state index contributed by atoms with van der Waals surface area (Å²) in [6, 6.07) is 3.96. The summed E-state index contributed by atoms with van der Waals surface area (Å²) in [7, 11) is 3.73. The Balaban J connectivity index is 1.54. The molecule has 140 valence electrons. The van der Waals surface area contributed by atoms with Gasteiger partial charge in [-0.25, -0.2) is 0 Å². The number of nitrogens with zero attached hydrogens (tertiary/aromatic N) is 6. The van der Waals surface area contributed by atoms with Crippen LogP contribution in [0.1, 0.15) is 40.3 Å². The average Bonchev–Trinajstić information content (AvgIpc) is 2.96. The van der Waals surface area contributed by atoms with Crippen molar-refractivity contribution in [3.05, 3.63) is 34.8 Å². The van der Waals surface area contributed by atoms with E-state index in [2.05, 4.69) is 33.2 Å². The normalized spacial score (nSPS) is 15.3. The number of hydrogen-bond acceptors (Lipinski definition) is 5. The molecule has 26 heavy (non-hydrogen) atoms. The van der Waals surface area contributed by atoms with Crippen molar-refractivity contribution in [1.29, 1.82) is 0 Å². The van der Waals surface area contributed by atoms with Gasteiger partial charge in [-0.1, -0.05) is 0 Å². The Hall–Kier alpha value is -2.44. The number of carbonyl (C=O) groups excluding carboxylic acids is 1. The number of carbonyl (C=O) groups is 1. The largest absolute Gasteiger partial charge is 0.355 e. The van der Waals surface area contributed by atoms with E-state index in [1.165, 1.54) is 5.56 Å². The molecule has 0 atom stereocenters. The van der Waals surface area contributed by atoms with Crippen LogP contribution in [0.15, 0.2) is 12.1 Å². The first-order valence-electron chi connectivity index (χ1n) is 9.17. The van der Waals surface area contributed by atoms with E-state index in [1.54, 1.807) is 9.58 Å². The molecule has 7 heteroatoms. The minimum Gasteiger partial charge on any atom is -0.355 e. The molecular weight excluding hydrogens is 328 g/mol. The van der Waals surface area contributed by atoms with Gasteiger partial charge in [0.1, 0.15) is 0 Å². The molecule has 0 aromatic carbocycles. The summed E-state index contributed by atoms with van der Waals surface area (Å²) in [4.78, 5) is 16.7. The van der Waals surface area contributed by atoms with Crippen LogP contribution in [0, 0.1) is 26.7 Å². The molecule has 7 nitrogen and oxygen atoms in total. The Bertz CT molecular complexity index is 772. The van der Waals surface area contributed by atoms with Crippen LogP contribution in [0.2, 0.25) is 0 Å². The molecule has 1 aliphatic rings. The Kier molecular flexibility index (Phi) is 5.25. The van der Waals surface area contributed by atoms with E-state index < -0.39 is 0 Å². The molecule has 0 aliphatic carbocycles. The SMILES string of the molecule is Cc1cc(N2CCC(CN(C)C(=O)c3cc(C)n(C)n3)CC2)nnc1C. The molecule has 0 bridgehead atoms. The number of rotatable bonds is 4. The van der Waals surface area contributed by atoms with Gasteiger partial charge < -0.3 is 9.80 Å². The smallest absolute Gasteiger partial charge is 0.274 e. The number of amides is 1. The van der Waals surface area contributed by atoms with Gasteiger partial charge in [0, 0.05) is 39.4 Å². The molecule has 0 N–H and O–H groups in total. The first-order valence-corrected chi connectivity index (χ1v) is 9.17. The maximum atomic E-state index is 12.6. The van der Waals surface area contributed by atoms with E-state index >= 15 is 0 Å². The fourth-order valence-corrected chi connectivity index (χ4v) is 3.36. The summed E-state index contributed by atoms with van der Waals surface area (Å²) in [5, 5.41) is 12.9. The molecule has 3 heterocycles. The average molecular weight is 356 g/mol. The van der Waals surface area contributed by atoms with Crippen LogP contribution >= 0.6 is 0 Å². The number of aryl methyl sites for hydroxylation is 4. The molecule has 1 aliphatic heterocycles. The van der Waals surface area contributed by atoms with Gasteiger partial charge in [-0.2, -0.15) is 10.2 Å². The monoisotopic (exact) mass is 356 g/mol. The number of aromatic nitrogens is 4. The summed E-state index contributed by atoms with van der Waals surface area (Å²) in [6.07, 6.45) is 2.10. The molecule has 0 spiro atoms. The number of piperidine rings is 1. The Morgan fingerprint density at radius 3 is 2.46 bits per heavy atom. The van der Waals surface area contributed by atoms with Gasteiger partial charge in [0.2, 0.25) is 0 Å². The first kappa shape index (κ1) is 18.4. The second-order valence-corrected chi connectivity index (χ2v) is 7.38. The van der Waals surface area contributed by atoms with Crippen molar-refractivity contribution in [3.63, 3.8) is 0 Å². The van der Waals surface area contributed by atoms with Crippen LogP contribution in [0.25, 0.3) is 0 Å². The van der Waals surface area contributed by atoms with E-state index in [4.69, 9.17) is 0 Å². The van der Waals surface area contributed by atoms with Gasteiger partial charge >= 0.3 is 0 Å². The van der Waals surface area contributed by atoms with Crippen molar-refractivity contribution >= 4 is 11.7 Å². The van der Waals surface area contributed by atoms with Crippen LogP contribution in [0.3, 0.4) is 0 Å². The highest BCUT2D eigenvalue weighted by atomic mass is 16.2. The number of anilines is 1. The highest BCUT2D eigenvalue weighted by molar-refractivity contribution is 5.92. The van der Waals surface area contributed by atoms with Gasteiger partial charge in [0.05, 0.1) is 5.69 Å². The lowest BCUT2D eigenvalue weighted by molar-refractivity contribution is 0.0758. The van der Waals surface area contributed by atoms with Crippen molar-refractivity contribution in [1.82, 2.24) is 24.9 Å². The third-order valence-electron chi connectivity index (χ3n) is 5.37. The van der Waals surface area contributed by atoms with E-state index in [0.717, 1.165) is 49.7 Å². The van der Waals surface area contributed by atoms with Crippen LogP contribution < -0.4 is 4.90 Å². The predicted octanol–water partition coefficient (Wildman–Crippen LogP) is 2.12. The fourth-order valence-electron chi connectivity index (χ4n) is 3.36. The molecule has 1 saturated heterocycles. The Morgan fingerprint density at radius 1 is 1.19 bits per heavy atom. The van der Waals surface area contributed by atoms with Gasteiger partial charge in [-0.05, 0) is 57.2 Å². The molecule has 0 saturated carbocycles. The zero-order valence-electron chi connectivity index (χ0n) is 16.4. The minimum absolute atomic E-state index is 0.00356. The third kappa shape index (κ3) is 3.86. The van der Waals surface area contributed by atoms with Crippen molar-refractivity contribution < 1.29 is 4.79 Å². The molecule has 0 radical (unpaired) electrons. The molecule has 1 fully saturated rings. The highest BCUT2D eigenvalue weighted by Gasteiger charge is 2.24. The van der Waals surface area contributed by atoms with Gasteiger partial charge in [0.25, 0.3) is 5.91 Å². The van der Waals surface area contributed by atoms with Gasteiger partial charge in [0.15, 0.2) is 11.5 Å². The predicted molar refractivity (Wildman–Crippen MR) is 101 cm³/mol. The molecule has 3 rings (SSSR count). The lowest BCUT2D eigenvalue weighted by Crippen LogP contribution is -2.40. The maximum Gasteiger partial charge on any atom is 0.274 e. The quantitative estimate of drug-likeness (QED) is 0.839. The first-order chi connectivity index (χ1) is 12.3. The summed E-state index contributed by atoms with van der Waals surface area (Å²) >= 11 is 0. The van der Waals surface area contributed by atoms with Crippen LogP contribution in [-0.2, 0) is 7.05 Å². The molecule has 2 aromatic rings. The van der Waals surface area contributed by atoms with Crippen LogP contribution in [0.5, 0.6) is 0 Å². The molecule has 2 aromatic heterocycles. The van der Waals surface area contributed by atoms with E-state index in [-0.39, 0.29) is 5.91 Å². The number of hydrogen-bond donors (Lipinski definition) is 0. The van der Waals surface area contributed by atoms with E-state index in [9.17, 15) is 4.79 Å². The van der Waals surface area contributed by atoms with E-state index in [1.807, 2.05) is 34.0 Å². The molecule has 1 amide bonds. The highest BCUT2D eigenvalue weighted by Crippen LogP contribution is 2.23. The summed E-state index contributed by atoms with van der Waals surface area (Å²) in [6.45, 7) is 8.67. The third-order valence-corrected chi connectivity index (χ3v) is 5.37. The van der Waals surface area contributed by atoms with Crippen molar-refractivity contribution in [3.8, 4) is 0 Å². The Labute approximate surface area is 155 Å². The van der Waals surface area contributed by atoms with Crippen molar-refractivity contribution in [2.75, 3.05) is 31.6 Å². The Morgan fingerprint density at radius 2 is 1.88 bits per heavy atom. The molecule has 0 unspecified atom stereocenters.